The van der Waals surface area contributed by atoms with E-state index in [2.05, 4.69) is 4.90 Å². The van der Waals surface area contributed by atoms with E-state index >= 15 is 0 Å². The number of ether oxygens (including phenoxy) is 3. The van der Waals surface area contributed by atoms with Crippen LogP contribution in [-0.4, -0.2) is 81.0 Å². The van der Waals surface area contributed by atoms with Crippen LogP contribution in [0, 0.1) is 0 Å². The molecule has 0 unspecified atom stereocenters. The van der Waals surface area contributed by atoms with Gasteiger partial charge in [-0.25, -0.2) is 9.69 Å². The summed E-state index contributed by atoms with van der Waals surface area (Å²) in [5.41, 5.74) is 0.448. The number of morpholine rings is 1. The van der Waals surface area contributed by atoms with E-state index < -0.39 is 6.09 Å². The van der Waals surface area contributed by atoms with Crippen LogP contribution in [-0.2, 0) is 14.2 Å². The molecule has 0 bridgehead atoms. The van der Waals surface area contributed by atoms with E-state index in [0.717, 1.165) is 37.7 Å². The zero-order chi connectivity index (χ0) is 17.9. The van der Waals surface area contributed by atoms with Crippen molar-refractivity contribution in [2.75, 3.05) is 59.2 Å². The fraction of sp³-hybridized carbons (Fsp3) is 0.556. The highest BCUT2D eigenvalue weighted by Gasteiger charge is 2.23. The second-order valence-corrected chi connectivity index (χ2v) is 5.59. The molecule has 1 aliphatic rings. The van der Waals surface area contributed by atoms with Crippen molar-refractivity contribution in [1.82, 2.24) is 9.80 Å². The third kappa shape index (κ3) is 6.45. The number of hydrogen-bond donors (Lipinski definition) is 0. The van der Waals surface area contributed by atoms with Crippen molar-refractivity contribution in [1.29, 1.82) is 0 Å². The summed E-state index contributed by atoms with van der Waals surface area (Å²) in [6.45, 7) is 7.06. The molecular weight excluding hydrogens is 324 g/mol. The molecule has 1 aromatic rings. The highest BCUT2D eigenvalue weighted by molar-refractivity contribution is 6.02. The average molecular weight is 350 g/mol. The molecule has 2 amide bonds. The van der Waals surface area contributed by atoms with Crippen LogP contribution in [0.2, 0.25) is 0 Å². The quantitative estimate of drug-likeness (QED) is 0.664. The lowest BCUT2D eigenvalue weighted by Gasteiger charge is -2.26. The number of hydrogen-bond acceptors (Lipinski definition) is 6. The summed E-state index contributed by atoms with van der Waals surface area (Å²) in [5, 5.41) is 0. The Hall–Kier alpha value is -1.96. The molecule has 1 aromatic carbocycles. The Bertz CT molecular complexity index is 532. The van der Waals surface area contributed by atoms with Crippen LogP contribution < -0.4 is 0 Å². The summed E-state index contributed by atoms with van der Waals surface area (Å²) in [5.74, 6) is -0.379. The molecule has 1 aliphatic heterocycles. The van der Waals surface area contributed by atoms with Gasteiger partial charge in [-0.2, -0.15) is 0 Å². The highest BCUT2D eigenvalue weighted by Crippen LogP contribution is 2.07. The fourth-order valence-corrected chi connectivity index (χ4v) is 2.49. The Morgan fingerprint density at radius 2 is 1.88 bits per heavy atom. The lowest BCUT2D eigenvalue weighted by Crippen LogP contribution is -2.40. The normalized spacial score (nSPS) is 14.9. The van der Waals surface area contributed by atoms with Gasteiger partial charge in [-0.05, 0) is 19.1 Å². The third-order valence-corrected chi connectivity index (χ3v) is 3.87. The molecule has 1 heterocycles. The molecule has 1 fully saturated rings. The SMILES string of the molecule is CCOC(=O)N(CCOCCN1CCOCC1)C(=O)c1ccccc1. The first-order chi connectivity index (χ1) is 12.2. The molecule has 0 saturated carbocycles. The van der Waals surface area contributed by atoms with Gasteiger partial charge in [-0.15, -0.1) is 0 Å². The molecule has 7 nitrogen and oxygen atoms in total. The van der Waals surface area contributed by atoms with E-state index in [0.29, 0.717) is 12.2 Å². The van der Waals surface area contributed by atoms with E-state index in [1.165, 1.54) is 0 Å². The molecule has 1 saturated heterocycles. The van der Waals surface area contributed by atoms with Gasteiger partial charge in [0.25, 0.3) is 5.91 Å². The smallest absolute Gasteiger partial charge is 0.416 e. The molecule has 0 aliphatic carbocycles. The maximum absolute atomic E-state index is 12.5. The first-order valence-electron chi connectivity index (χ1n) is 8.64. The van der Waals surface area contributed by atoms with Crippen LogP contribution in [0.1, 0.15) is 17.3 Å². The molecule has 25 heavy (non-hydrogen) atoms. The Labute approximate surface area is 148 Å². The Kier molecular flexibility index (Phi) is 8.38. The van der Waals surface area contributed by atoms with Crippen molar-refractivity contribution in [2.24, 2.45) is 0 Å². The zero-order valence-corrected chi connectivity index (χ0v) is 14.7. The topological polar surface area (TPSA) is 68.3 Å². The molecule has 0 aromatic heterocycles. The summed E-state index contributed by atoms with van der Waals surface area (Å²) in [7, 11) is 0. The minimum Gasteiger partial charge on any atom is -0.449 e. The number of imide groups is 1. The molecule has 0 N–H and O–H groups in total. The maximum atomic E-state index is 12.5. The van der Waals surface area contributed by atoms with Gasteiger partial charge in [-0.3, -0.25) is 9.69 Å². The van der Waals surface area contributed by atoms with Crippen molar-refractivity contribution in [3.63, 3.8) is 0 Å². The van der Waals surface area contributed by atoms with Crippen molar-refractivity contribution in [3.8, 4) is 0 Å². The standard InChI is InChI=1S/C18H26N2O5/c1-2-25-18(22)20(17(21)16-6-4-3-5-7-16)11-15-24-14-10-19-8-12-23-13-9-19/h3-7H,2,8-15H2,1H3. The predicted octanol–water partition coefficient (Wildman–Crippen LogP) is 1.63. The van der Waals surface area contributed by atoms with Crippen LogP contribution in [0.4, 0.5) is 4.79 Å². The molecular formula is C18H26N2O5. The van der Waals surface area contributed by atoms with Crippen LogP contribution in [0.5, 0.6) is 0 Å². The average Bonchev–Trinajstić information content (AvgIpc) is 2.66. The predicted molar refractivity (Wildman–Crippen MR) is 92.6 cm³/mol. The van der Waals surface area contributed by atoms with E-state index in [4.69, 9.17) is 14.2 Å². The Morgan fingerprint density at radius 3 is 2.56 bits per heavy atom. The molecule has 2 rings (SSSR count). The van der Waals surface area contributed by atoms with E-state index in [1.54, 1.807) is 31.2 Å². The van der Waals surface area contributed by atoms with Gasteiger partial charge < -0.3 is 14.2 Å². The van der Waals surface area contributed by atoms with E-state index in [1.807, 2.05) is 6.07 Å². The van der Waals surface area contributed by atoms with Crippen molar-refractivity contribution in [3.05, 3.63) is 35.9 Å². The number of carbonyl (C=O) groups is 2. The van der Waals surface area contributed by atoms with Crippen LogP contribution in [0.3, 0.4) is 0 Å². The number of carbonyl (C=O) groups excluding carboxylic acids is 2. The summed E-state index contributed by atoms with van der Waals surface area (Å²) in [4.78, 5) is 28.0. The van der Waals surface area contributed by atoms with Crippen molar-refractivity contribution >= 4 is 12.0 Å². The number of nitrogens with zero attached hydrogens (tertiary/aromatic N) is 2. The first-order valence-corrected chi connectivity index (χ1v) is 8.64. The van der Waals surface area contributed by atoms with Gasteiger partial charge in [0.1, 0.15) is 0 Å². The number of rotatable bonds is 8. The molecule has 7 heteroatoms. The summed E-state index contributed by atoms with van der Waals surface area (Å²) in [6.07, 6.45) is -0.645. The van der Waals surface area contributed by atoms with Gasteiger partial charge in [0, 0.05) is 25.2 Å². The minimum atomic E-state index is -0.645. The maximum Gasteiger partial charge on any atom is 0.416 e. The van der Waals surface area contributed by atoms with Crippen LogP contribution in [0.25, 0.3) is 0 Å². The van der Waals surface area contributed by atoms with Crippen LogP contribution in [0.15, 0.2) is 30.3 Å². The number of amides is 2. The van der Waals surface area contributed by atoms with E-state index in [-0.39, 0.29) is 25.7 Å². The van der Waals surface area contributed by atoms with Gasteiger partial charge in [0.2, 0.25) is 0 Å². The highest BCUT2D eigenvalue weighted by atomic mass is 16.6. The second-order valence-electron chi connectivity index (χ2n) is 5.59. The number of benzene rings is 1. The molecule has 0 spiro atoms. The summed E-state index contributed by atoms with van der Waals surface area (Å²) in [6, 6.07) is 8.69. The van der Waals surface area contributed by atoms with Gasteiger partial charge in [-0.1, -0.05) is 18.2 Å². The largest absolute Gasteiger partial charge is 0.449 e. The third-order valence-electron chi connectivity index (χ3n) is 3.87. The van der Waals surface area contributed by atoms with Crippen molar-refractivity contribution in [2.45, 2.75) is 6.92 Å². The fourth-order valence-electron chi connectivity index (χ4n) is 2.49. The Balaban J connectivity index is 1.79. The van der Waals surface area contributed by atoms with Crippen LogP contribution >= 0.6 is 0 Å². The Morgan fingerprint density at radius 1 is 1.16 bits per heavy atom. The first kappa shape index (κ1) is 19.4. The molecule has 0 atom stereocenters. The summed E-state index contributed by atoms with van der Waals surface area (Å²) >= 11 is 0. The zero-order valence-electron chi connectivity index (χ0n) is 14.7. The molecule has 0 radical (unpaired) electrons. The molecule has 138 valence electrons. The second kappa shape index (κ2) is 10.8. The lowest BCUT2D eigenvalue weighted by atomic mass is 10.2. The summed E-state index contributed by atoms with van der Waals surface area (Å²) < 4.78 is 15.9. The van der Waals surface area contributed by atoms with Gasteiger partial charge >= 0.3 is 6.09 Å². The minimum absolute atomic E-state index is 0.162. The van der Waals surface area contributed by atoms with E-state index in [9.17, 15) is 9.59 Å². The lowest BCUT2D eigenvalue weighted by molar-refractivity contribution is 0.0172. The monoisotopic (exact) mass is 350 g/mol. The van der Waals surface area contributed by atoms with Gasteiger partial charge in [0.15, 0.2) is 0 Å². The van der Waals surface area contributed by atoms with Gasteiger partial charge in [0.05, 0.1) is 39.6 Å². The van der Waals surface area contributed by atoms with Crippen molar-refractivity contribution < 1.29 is 23.8 Å².